The van der Waals surface area contributed by atoms with Crippen molar-refractivity contribution >= 4 is 21.6 Å². The molecular formula is C15H14BrN5. The van der Waals surface area contributed by atoms with E-state index in [1.165, 1.54) is 0 Å². The molecule has 3 aromatic heterocycles. The largest absolute Gasteiger partial charge is 0.378 e. The number of anilines is 1. The second-order valence-corrected chi connectivity index (χ2v) is 5.37. The number of rotatable bonds is 4. The molecule has 0 aliphatic heterocycles. The standard InChI is InChI=1S/C15H14BrN5/c1-11-17-7-8-21(11)15-6-5-12(9-19-15)18-10-13-3-2-4-14(16)20-13/h2-9,18H,10H2,1H3. The Morgan fingerprint density at radius 3 is 2.76 bits per heavy atom. The van der Waals surface area contributed by atoms with Crippen molar-refractivity contribution in [2.24, 2.45) is 0 Å². The number of nitrogens with one attached hydrogen (secondary N) is 1. The summed E-state index contributed by atoms with van der Waals surface area (Å²) in [5, 5.41) is 3.30. The molecule has 0 saturated heterocycles. The lowest BCUT2D eigenvalue weighted by Crippen LogP contribution is -2.03. The fourth-order valence-electron chi connectivity index (χ4n) is 1.99. The first-order valence-corrected chi connectivity index (χ1v) is 7.33. The highest BCUT2D eigenvalue weighted by Gasteiger charge is 2.02. The second-order valence-electron chi connectivity index (χ2n) is 4.55. The fraction of sp³-hybridized carbons (Fsp3) is 0.133. The van der Waals surface area contributed by atoms with Gasteiger partial charge in [-0.25, -0.2) is 15.0 Å². The highest BCUT2D eigenvalue weighted by atomic mass is 79.9. The molecular weight excluding hydrogens is 330 g/mol. The molecule has 0 aromatic carbocycles. The van der Waals surface area contributed by atoms with Crippen LogP contribution in [0.1, 0.15) is 11.5 Å². The van der Waals surface area contributed by atoms with Crippen LogP contribution in [0.2, 0.25) is 0 Å². The number of aryl methyl sites for hydroxylation is 1. The van der Waals surface area contributed by atoms with Crippen molar-refractivity contribution in [2.75, 3.05) is 5.32 Å². The lowest BCUT2D eigenvalue weighted by molar-refractivity contribution is 0.931. The summed E-state index contributed by atoms with van der Waals surface area (Å²) >= 11 is 3.37. The number of aromatic nitrogens is 4. The molecule has 3 rings (SSSR count). The Kier molecular flexibility index (Phi) is 3.96. The molecule has 1 N–H and O–H groups in total. The van der Waals surface area contributed by atoms with Crippen LogP contribution in [0.3, 0.4) is 0 Å². The van der Waals surface area contributed by atoms with Crippen LogP contribution in [-0.4, -0.2) is 19.5 Å². The fourth-order valence-corrected chi connectivity index (χ4v) is 2.37. The van der Waals surface area contributed by atoms with E-state index in [-0.39, 0.29) is 0 Å². The number of imidazole rings is 1. The molecule has 0 aliphatic rings. The Morgan fingerprint density at radius 1 is 1.19 bits per heavy atom. The van der Waals surface area contributed by atoms with Crippen LogP contribution in [0, 0.1) is 6.92 Å². The summed E-state index contributed by atoms with van der Waals surface area (Å²) in [7, 11) is 0. The summed E-state index contributed by atoms with van der Waals surface area (Å²) < 4.78 is 2.78. The minimum Gasteiger partial charge on any atom is -0.378 e. The van der Waals surface area contributed by atoms with Crippen LogP contribution in [0.25, 0.3) is 5.82 Å². The van der Waals surface area contributed by atoms with Crippen molar-refractivity contribution in [3.8, 4) is 5.82 Å². The van der Waals surface area contributed by atoms with Crippen LogP contribution in [-0.2, 0) is 6.54 Å². The average Bonchev–Trinajstić information content (AvgIpc) is 2.92. The molecule has 0 atom stereocenters. The van der Waals surface area contributed by atoms with E-state index in [1.54, 1.807) is 6.20 Å². The minimum absolute atomic E-state index is 0.657. The van der Waals surface area contributed by atoms with E-state index in [0.717, 1.165) is 27.6 Å². The molecule has 0 saturated carbocycles. The molecule has 0 bridgehead atoms. The topological polar surface area (TPSA) is 55.6 Å². The van der Waals surface area contributed by atoms with Crippen LogP contribution in [0.15, 0.2) is 53.5 Å². The Hall–Kier alpha value is -2.21. The summed E-state index contributed by atoms with van der Waals surface area (Å²) in [6, 6.07) is 9.82. The molecule has 0 amide bonds. The van der Waals surface area contributed by atoms with Gasteiger partial charge in [-0.1, -0.05) is 6.07 Å². The van der Waals surface area contributed by atoms with Gasteiger partial charge in [-0.05, 0) is 47.1 Å². The number of hydrogen-bond acceptors (Lipinski definition) is 4. The average molecular weight is 344 g/mol. The van der Waals surface area contributed by atoms with E-state index in [2.05, 4.69) is 36.2 Å². The molecule has 21 heavy (non-hydrogen) atoms. The van der Waals surface area contributed by atoms with Crippen molar-refractivity contribution in [3.05, 3.63) is 65.0 Å². The van der Waals surface area contributed by atoms with Crippen LogP contribution < -0.4 is 5.32 Å². The van der Waals surface area contributed by atoms with Gasteiger partial charge in [-0.2, -0.15) is 0 Å². The molecule has 3 aromatic rings. The highest BCUT2D eigenvalue weighted by molar-refractivity contribution is 9.10. The zero-order chi connectivity index (χ0) is 14.7. The number of pyridine rings is 2. The Labute approximate surface area is 131 Å². The first-order valence-electron chi connectivity index (χ1n) is 6.54. The van der Waals surface area contributed by atoms with Gasteiger partial charge in [0.2, 0.25) is 0 Å². The maximum atomic E-state index is 4.44. The van der Waals surface area contributed by atoms with E-state index in [0.29, 0.717) is 6.54 Å². The van der Waals surface area contributed by atoms with Crippen LogP contribution in [0.5, 0.6) is 0 Å². The Morgan fingerprint density at radius 2 is 2.10 bits per heavy atom. The molecule has 0 unspecified atom stereocenters. The van der Waals surface area contributed by atoms with Crippen molar-refractivity contribution in [1.82, 2.24) is 19.5 Å². The van der Waals surface area contributed by atoms with Gasteiger partial charge in [0.25, 0.3) is 0 Å². The maximum Gasteiger partial charge on any atom is 0.138 e. The van der Waals surface area contributed by atoms with Gasteiger partial charge >= 0.3 is 0 Å². The van der Waals surface area contributed by atoms with Crippen molar-refractivity contribution in [2.45, 2.75) is 13.5 Å². The van der Waals surface area contributed by atoms with Gasteiger partial charge in [0.05, 0.1) is 24.1 Å². The van der Waals surface area contributed by atoms with Crippen LogP contribution in [0.4, 0.5) is 5.69 Å². The maximum absolute atomic E-state index is 4.44. The van der Waals surface area contributed by atoms with Gasteiger partial charge in [-0.15, -0.1) is 0 Å². The molecule has 0 fully saturated rings. The summed E-state index contributed by atoms with van der Waals surface area (Å²) in [6.45, 7) is 2.61. The van der Waals surface area contributed by atoms with Gasteiger partial charge in [-0.3, -0.25) is 4.57 Å². The second kappa shape index (κ2) is 6.05. The van der Waals surface area contributed by atoms with E-state index < -0.39 is 0 Å². The third kappa shape index (κ3) is 3.28. The normalized spacial score (nSPS) is 10.6. The zero-order valence-electron chi connectivity index (χ0n) is 11.5. The molecule has 0 spiro atoms. The van der Waals surface area contributed by atoms with Crippen LogP contribution >= 0.6 is 15.9 Å². The predicted octanol–water partition coefficient (Wildman–Crippen LogP) is 3.35. The first-order chi connectivity index (χ1) is 10.2. The van der Waals surface area contributed by atoms with E-state index in [1.807, 2.05) is 54.2 Å². The molecule has 3 heterocycles. The summed E-state index contributed by atoms with van der Waals surface area (Å²) in [5.74, 6) is 1.78. The summed E-state index contributed by atoms with van der Waals surface area (Å²) in [6.07, 6.45) is 5.48. The summed E-state index contributed by atoms with van der Waals surface area (Å²) in [4.78, 5) is 13.0. The number of hydrogen-bond donors (Lipinski definition) is 1. The third-order valence-corrected chi connectivity index (χ3v) is 3.51. The number of nitrogens with zero attached hydrogens (tertiary/aromatic N) is 4. The van der Waals surface area contributed by atoms with Gasteiger partial charge in [0.1, 0.15) is 16.2 Å². The molecule has 6 heteroatoms. The monoisotopic (exact) mass is 343 g/mol. The predicted molar refractivity (Wildman–Crippen MR) is 85.4 cm³/mol. The first kappa shape index (κ1) is 13.8. The molecule has 5 nitrogen and oxygen atoms in total. The van der Waals surface area contributed by atoms with Gasteiger partial charge in [0, 0.05) is 12.4 Å². The third-order valence-electron chi connectivity index (χ3n) is 3.07. The van der Waals surface area contributed by atoms with Crippen molar-refractivity contribution in [3.63, 3.8) is 0 Å². The summed E-state index contributed by atoms with van der Waals surface area (Å²) in [5.41, 5.74) is 1.93. The Bertz CT molecular complexity index is 736. The van der Waals surface area contributed by atoms with E-state index >= 15 is 0 Å². The lowest BCUT2D eigenvalue weighted by atomic mass is 10.3. The van der Waals surface area contributed by atoms with Crippen molar-refractivity contribution < 1.29 is 0 Å². The van der Waals surface area contributed by atoms with Gasteiger partial charge < -0.3 is 5.32 Å². The van der Waals surface area contributed by atoms with Gasteiger partial charge in [0.15, 0.2) is 0 Å². The molecule has 0 aliphatic carbocycles. The SMILES string of the molecule is Cc1nccn1-c1ccc(NCc2cccc(Br)n2)cn1. The van der Waals surface area contributed by atoms with E-state index in [9.17, 15) is 0 Å². The number of halogens is 1. The minimum atomic E-state index is 0.657. The van der Waals surface area contributed by atoms with E-state index in [4.69, 9.17) is 0 Å². The zero-order valence-corrected chi connectivity index (χ0v) is 13.1. The Balaban J connectivity index is 1.69. The molecule has 0 radical (unpaired) electrons. The highest BCUT2D eigenvalue weighted by Crippen LogP contribution is 2.13. The quantitative estimate of drug-likeness (QED) is 0.738. The molecule has 106 valence electrons. The smallest absolute Gasteiger partial charge is 0.138 e. The van der Waals surface area contributed by atoms with Crippen molar-refractivity contribution in [1.29, 1.82) is 0 Å². The lowest BCUT2D eigenvalue weighted by Gasteiger charge is -2.08.